The molecule has 11 heteroatoms. The number of hydrogen-bond donors (Lipinski definition) is 0. The first-order valence-electron chi connectivity index (χ1n) is 7.90. The van der Waals surface area contributed by atoms with E-state index in [-0.39, 0.29) is 29.4 Å². The van der Waals surface area contributed by atoms with Crippen LogP contribution in [-0.2, 0) is 15.7 Å². The number of carbonyl (C=O) groups is 1. The second-order valence-corrected chi connectivity index (χ2v) is 6.25. The van der Waals surface area contributed by atoms with E-state index in [4.69, 9.17) is 32.7 Å². The van der Waals surface area contributed by atoms with Crippen molar-refractivity contribution in [3.63, 3.8) is 0 Å². The molecule has 0 amide bonds. The predicted molar refractivity (Wildman–Crippen MR) is 100 cm³/mol. The number of halogens is 5. The Morgan fingerprint density at radius 3 is 2.34 bits per heavy atom. The number of ether oxygens (including phenoxy) is 2. The molecular weight excluding hydrogens is 438 g/mol. The number of rotatable bonds is 6. The van der Waals surface area contributed by atoms with Gasteiger partial charge in [0.15, 0.2) is 5.75 Å². The number of alkyl halides is 3. The van der Waals surface area contributed by atoms with Crippen LogP contribution in [0, 0.1) is 10.1 Å². The first-order valence-corrected chi connectivity index (χ1v) is 8.66. The summed E-state index contributed by atoms with van der Waals surface area (Å²) in [5, 5.41) is 10.4. The third kappa shape index (κ3) is 5.85. The van der Waals surface area contributed by atoms with E-state index < -0.39 is 32.7 Å². The molecule has 0 aliphatic heterocycles. The van der Waals surface area contributed by atoms with E-state index in [1.807, 2.05) is 0 Å². The Balaban J connectivity index is 2.40. The van der Waals surface area contributed by atoms with E-state index >= 15 is 0 Å². The van der Waals surface area contributed by atoms with Gasteiger partial charge in [-0.3, -0.25) is 10.1 Å². The van der Waals surface area contributed by atoms with E-state index in [1.165, 1.54) is 12.1 Å². The van der Waals surface area contributed by atoms with Crippen LogP contribution in [-0.4, -0.2) is 17.5 Å². The van der Waals surface area contributed by atoms with Crippen molar-refractivity contribution in [3.8, 4) is 11.5 Å². The summed E-state index contributed by atoms with van der Waals surface area (Å²) in [7, 11) is 0. The summed E-state index contributed by atoms with van der Waals surface area (Å²) >= 11 is 11.7. The van der Waals surface area contributed by atoms with Gasteiger partial charge in [0.1, 0.15) is 5.75 Å². The highest BCUT2D eigenvalue weighted by Crippen LogP contribution is 2.42. The normalized spacial score (nSPS) is 11.5. The first-order chi connectivity index (χ1) is 13.5. The average molecular weight is 450 g/mol. The standard InChI is InChI=1S/C18H12Cl2F3NO5/c1-2-28-16(25)6-3-10-7-12(4-5-15(10)24(26)27)29-17-13(19)8-11(9-14(17)20)18(21,22)23/h3-9H,2H2,1H3. The molecule has 0 saturated heterocycles. The summed E-state index contributed by atoms with van der Waals surface area (Å²) in [6.07, 6.45) is -2.50. The van der Waals surface area contributed by atoms with Gasteiger partial charge < -0.3 is 9.47 Å². The molecule has 0 bridgehead atoms. The number of nitro groups is 1. The summed E-state index contributed by atoms with van der Waals surface area (Å²) in [6.45, 7) is 1.72. The van der Waals surface area contributed by atoms with Gasteiger partial charge >= 0.3 is 12.1 Å². The second-order valence-electron chi connectivity index (χ2n) is 5.43. The van der Waals surface area contributed by atoms with Crippen LogP contribution in [0.2, 0.25) is 10.0 Å². The zero-order chi connectivity index (χ0) is 21.8. The smallest absolute Gasteiger partial charge is 0.416 e. The largest absolute Gasteiger partial charge is 0.463 e. The zero-order valence-corrected chi connectivity index (χ0v) is 16.1. The van der Waals surface area contributed by atoms with Crippen LogP contribution < -0.4 is 4.74 Å². The van der Waals surface area contributed by atoms with Crippen LogP contribution in [0.5, 0.6) is 11.5 Å². The van der Waals surface area contributed by atoms with Gasteiger partial charge in [-0.25, -0.2) is 4.79 Å². The number of benzene rings is 2. The molecule has 0 heterocycles. The van der Waals surface area contributed by atoms with Gasteiger partial charge in [-0.1, -0.05) is 23.2 Å². The van der Waals surface area contributed by atoms with Crippen molar-refractivity contribution in [1.82, 2.24) is 0 Å². The summed E-state index contributed by atoms with van der Waals surface area (Å²) in [5.74, 6) is -0.958. The van der Waals surface area contributed by atoms with Crippen molar-refractivity contribution in [2.75, 3.05) is 6.61 Å². The first kappa shape index (κ1) is 22.5. The Morgan fingerprint density at radius 1 is 1.21 bits per heavy atom. The van der Waals surface area contributed by atoms with Crippen molar-refractivity contribution in [1.29, 1.82) is 0 Å². The molecule has 0 spiro atoms. The highest BCUT2D eigenvalue weighted by Gasteiger charge is 2.32. The quantitative estimate of drug-likeness (QED) is 0.224. The Bertz CT molecular complexity index is 953. The average Bonchev–Trinajstić information content (AvgIpc) is 2.62. The molecule has 0 atom stereocenters. The number of nitrogens with zero attached hydrogens (tertiary/aromatic N) is 1. The minimum absolute atomic E-state index is 0.000269. The van der Waals surface area contributed by atoms with Gasteiger partial charge in [0.2, 0.25) is 0 Å². The number of esters is 1. The maximum Gasteiger partial charge on any atom is 0.416 e. The summed E-state index contributed by atoms with van der Waals surface area (Å²) in [6, 6.07) is 4.82. The van der Waals surface area contributed by atoms with E-state index in [0.29, 0.717) is 12.1 Å². The molecule has 2 aromatic carbocycles. The van der Waals surface area contributed by atoms with Gasteiger partial charge in [0, 0.05) is 12.1 Å². The maximum atomic E-state index is 12.8. The topological polar surface area (TPSA) is 78.7 Å². The molecule has 29 heavy (non-hydrogen) atoms. The van der Waals surface area contributed by atoms with E-state index in [9.17, 15) is 28.1 Å². The molecule has 0 N–H and O–H groups in total. The van der Waals surface area contributed by atoms with E-state index in [1.54, 1.807) is 6.92 Å². The lowest BCUT2D eigenvalue weighted by Crippen LogP contribution is -2.05. The molecule has 0 fully saturated rings. The van der Waals surface area contributed by atoms with Crippen molar-refractivity contribution in [3.05, 3.63) is 67.7 Å². The van der Waals surface area contributed by atoms with Gasteiger partial charge in [-0.2, -0.15) is 13.2 Å². The molecule has 0 saturated carbocycles. The summed E-state index contributed by atoms with van der Waals surface area (Å²) < 4.78 is 48.6. The van der Waals surface area contributed by atoms with Crippen LogP contribution in [0.1, 0.15) is 18.1 Å². The molecule has 2 aromatic rings. The van der Waals surface area contributed by atoms with Crippen LogP contribution >= 0.6 is 23.2 Å². The molecule has 0 aliphatic carbocycles. The lowest BCUT2D eigenvalue weighted by molar-refractivity contribution is -0.385. The molecule has 154 valence electrons. The highest BCUT2D eigenvalue weighted by molar-refractivity contribution is 6.37. The van der Waals surface area contributed by atoms with Crippen LogP contribution in [0.3, 0.4) is 0 Å². The minimum atomic E-state index is -4.65. The molecule has 0 aliphatic rings. The third-order valence-corrected chi connectivity index (χ3v) is 3.99. The predicted octanol–water partition coefficient (Wildman–Crippen LogP) is 6.29. The minimum Gasteiger partial charge on any atom is -0.463 e. The Labute approximate surface area is 172 Å². The van der Waals surface area contributed by atoms with E-state index in [0.717, 1.165) is 18.2 Å². The number of hydrogen-bond acceptors (Lipinski definition) is 5. The van der Waals surface area contributed by atoms with Crippen LogP contribution in [0.25, 0.3) is 6.08 Å². The third-order valence-electron chi connectivity index (χ3n) is 3.43. The monoisotopic (exact) mass is 449 g/mol. The lowest BCUT2D eigenvalue weighted by atomic mass is 10.1. The summed E-state index contributed by atoms with van der Waals surface area (Å²) in [4.78, 5) is 21.9. The second kappa shape index (κ2) is 9.15. The van der Waals surface area contributed by atoms with Gasteiger partial charge in [0.05, 0.1) is 32.7 Å². The fraction of sp³-hybridized carbons (Fsp3) is 0.167. The molecular formula is C18H12Cl2F3NO5. The Hall–Kier alpha value is -2.78. The van der Waals surface area contributed by atoms with Crippen LogP contribution in [0.4, 0.5) is 18.9 Å². The van der Waals surface area contributed by atoms with Crippen molar-refractivity contribution in [2.45, 2.75) is 13.1 Å². The molecule has 0 radical (unpaired) electrons. The fourth-order valence-electron chi connectivity index (χ4n) is 2.18. The van der Waals surface area contributed by atoms with Crippen molar-refractivity contribution >= 4 is 40.9 Å². The van der Waals surface area contributed by atoms with Gasteiger partial charge in [-0.15, -0.1) is 0 Å². The SMILES string of the molecule is CCOC(=O)C=Cc1cc(Oc2c(Cl)cc(C(F)(F)F)cc2Cl)ccc1[N+](=O)[O-]. The number of nitro benzene ring substituents is 1. The molecule has 0 unspecified atom stereocenters. The van der Waals surface area contributed by atoms with Gasteiger partial charge in [-0.05, 0) is 37.3 Å². The van der Waals surface area contributed by atoms with Gasteiger partial charge in [0.25, 0.3) is 5.69 Å². The lowest BCUT2D eigenvalue weighted by Gasteiger charge is -2.13. The Kier molecular flexibility index (Phi) is 7.10. The molecule has 6 nitrogen and oxygen atoms in total. The molecule has 0 aromatic heterocycles. The van der Waals surface area contributed by atoms with Crippen LogP contribution in [0.15, 0.2) is 36.4 Å². The highest BCUT2D eigenvalue weighted by atomic mass is 35.5. The summed E-state index contributed by atoms with van der Waals surface area (Å²) in [5.41, 5.74) is -1.39. The molecule has 2 rings (SSSR count). The zero-order valence-electron chi connectivity index (χ0n) is 14.6. The Morgan fingerprint density at radius 2 is 1.83 bits per heavy atom. The van der Waals surface area contributed by atoms with Crippen molar-refractivity contribution in [2.24, 2.45) is 0 Å². The maximum absolute atomic E-state index is 12.8. The van der Waals surface area contributed by atoms with E-state index in [2.05, 4.69) is 0 Å². The van der Waals surface area contributed by atoms with Crippen molar-refractivity contribution < 1.29 is 32.4 Å². The fourth-order valence-corrected chi connectivity index (χ4v) is 2.75. The number of carbonyl (C=O) groups excluding carboxylic acids is 1.